The van der Waals surface area contributed by atoms with E-state index in [-0.39, 0.29) is 5.92 Å². The summed E-state index contributed by atoms with van der Waals surface area (Å²) in [6, 6.07) is 11.5. The third-order valence-electron chi connectivity index (χ3n) is 5.40. The van der Waals surface area contributed by atoms with Crippen LogP contribution in [0, 0.1) is 19.8 Å². The average molecular weight is 396 g/mol. The Morgan fingerprint density at radius 2 is 1.86 bits per heavy atom. The van der Waals surface area contributed by atoms with Crippen molar-refractivity contribution >= 4 is 15.7 Å². The van der Waals surface area contributed by atoms with E-state index < -0.39 is 10.0 Å². The first-order valence-electron chi connectivity index (χ1n) is 9.48. The van der Waals surface area contributed by atoms with Crippen molar-refractivity contribution in [2.24, 2.45) is 13.0 Å². The van der Waals surface area contributed by atoms with Crippen LogP contribution in [0.5, 0.6) is 0 Å². The molecule has 4 rings (SSSR count). The van der Waals surface area contributed by atoms with Gasteiger partial charge in [-0.15, -0.1) is 0 Å². The number of para-hydroxylation sites is 1. The molecule has 1 aliphatic rings. The van der Waals surface area contributed by atoms with Gasteiger partial charge >= 0.3 is 0 Å². The van der Waals surface area contributed by atoms with Crippen LogP contribution in [-0.2, 0) is 23.5 Å². The highest BCUT2D eigenvalue weighted by molar-refractivity contribution is 7.92. The van der Waals surface area contributed by atoms with Gasteiger partial charge in [-0.1, -0.05) is 31.2 Å². The first-order valence-corrected chi connectivity index (χ1v) is 10.9. The van der Waals surface area contributed by atoms with Gasteiger partial charge in [-0.3, -0.25) is 8.99 Å². The number of benzene rings is 2. The summed E-state index contributed by atoms with van der Waals surface area (Å²) in [7, 11) is -1.78. The Labute approximate surface area is 166 Å². The minimum atomic E-state index is -3.64. The van der Waals surface area contributed by atoms with Crippen molar-refractivity contribution < 1.29 is 8.42 Å². The third kappa shape index (κ3) is 3.11. The van der Waals surface area contributed by atoms with E-state index in [0.717, 1.165) is 39.9 Å². The van der Waals surface area contributed by atoms with Crippen molar-refractivity contribution in [3.05, 3.63) is 65.5 Å². The molecule has 0 saturated heterocycles. The average Bonchev–Trinajstić information content (AvgIpc) is 3.07. The molecule has 146 valence electrons. The molecule has 5 nitrogen and oxygen atoms in total. The number of aromatic nitrogens is 2. The van der Waals surface area contributed by atoms with Gasteiger partial charge in [0.15, 0.2) is 0 Å². The highest BCUT2D eigenvalue weighted by Crippen LogP contribution is 2.37. The number of hydrogen-bond acceptors (Lipinski definition) is 3. The molecule has 6 heteroatoms. The van der Waals surface area contributed by atoms with E-state index in [1.807, 2.05) is 57.4 Å². The molecule has 0 spiro atoms. The van der Waals surface area contributed by atoms with Crippen molar-refractivity contribution in [1.82, 2.24) is 9.78 Å². The minimum absolute atomic E-state index is 0.277. The van der Waals surface area contributed by atoms with Gasteiger partial charge in [-0.2, -0.15) is 5.10 Å². The number of nitrogens with zero attached hydrogens (tertiary/aromatic N) is 3. The fraction of sp³-hybridized carbons (Fsp3) is 0.318. The van der Waals surface area contributed by atoms with E-state index in [2.05, 4.69) is 12.0 Å². The lowest BCUT2D eigenvalue weighted by Gasteiger charge is -2.35. The zero-order chi connectivity index (χ0) is 20.1. The molecule has 3 aromatic rings. The summed E-state index contributed by atoms with van der Waals surface area (Å²) in [4.78, 5) is 0.364. The van der Waals surface area contributed by atoms with Gasteiger partial charge in [0.1, 0.15) is 0 Å². The fourth-order valence-corrected chi connectivity index (χ4v) is 5.98. The predicted molar refractivity (Wildman–Crippen MR) is 112 cm³/mol. The van der Waals surface area contributed by atoms with E-state index in [9.17, 15) is 8.42 Å². The second-order valence-electron chi connectivity index (χ2n) is 7.81. The highest BCUT2D eigenvalue weighted by Gasteiger charge is 2.33. The summed E-state index contributed by atoms with van der Waals surface area (Å²) in [5.41, 5.74) is 5.63. The number of hydrogen-bond donors (Lipinski definition) is 0. The molecule has 2 heterocycles. The largest absolute Gasteiger partial charge is 0.275 e. The standard InChI is InChI=1S/C22H25N3O2S/c1-15-10-19-7-5-6-16(2)22(19)25(13-15)28(26,27)21-9-8-18(11-17(21)3)20-12-23-24(4)14-20/h5-9,11-12,14-15H,10,13H2,1-4H3/t15-/m0/s1. The first kappa shape index (κ1) is 18.7. The molecule has 2 aromatic carbocycles. The molecule has 0 bridgehead atoms. The summed E-state index contributed by atoms with van der Waals surface area (Å²) in [5, 5.41) is 4.20. The van der Waals surface area contributed by atoms with Crippen molar-refractivity contribution in [2.45, 2.75) is 32.1 Å². The second kappa shape index (κ2) is 6.78. The molecule has 1 aromatic heterocycles. The van der Waals surface area contributed by atoms with Crippen LogP contribution >= 0.6 is 0 Å². The maximum absolute atomic E-state index is 13.6. The highest BCUT2D eigenvalue weighted by atomic mass is 32.2. The number of sulfonamides is 1. The quantitative estimate of drug-likeness (QED) is 0.671. The van der Waals surface area contributed by atoms with E-state index in [0.29, 0.717) is 11.4 Å². The van der Waals surface area contributed by atoms with Gasteiger partial charge in [-0.05, 0) is 60.6 Å². The molecule has 0 amide bonds. The summed E-state index contributed by atoms with van der Waals surface area (Å²) >= 11 is 0. The lowest BCUT2D eigenvalue weighted by atomic mass is 9.93. The lowest BCUT2D eigenvalue weighted by Crippen LogP contribution is -2.40. The maximum Gasteiger partial charge on any atom is 0.264 e. The van der Waals surface area contributed by atoms with Gasteiger partial charge in [0.05, 0.1) is 16.8 Å². The number of anilines is 1. The van der Waals surface area contributed by atoms with Gasteiger partial charge < -0.3 is 0 Å². The van der Waals surface area contributed by atoms with E-state index >= 15 is 0 Å². The summed E-state index contributed by atoms with van der Waals surface area (Å²) in [6.07, 6.45) is 4.62. The number of aryl methyl sites for hydroxylation is 3. The van der Waals surface area contributed by atoms with Crippen LogP contribution in [0.3, 0.4) is 0 Å². The van der Waals surface area contributed by atoms with Crippen LogP contribution in [0.25, 0.3) is 11.1 Å². The normalized spacial score (nSPS) is 16.9. The molecule has 0 saturated carbocycles. The van der Waals surface area contributed by atoms with Crippen LogP contribution in [0.1, 0.15) is 23.6 Å². The van der Waals surface area contributed by atoms with Crippen LogP contribution in [-0.4, -0.2) is 24.7 Å². The first-order chi connectivity index (χ1) is 13.3. The Hall–Kier alpha value is -2.60. The van der Waals surface area contributed by atoms with E-state index in [1.165, 1.54) is 0 Å². The number of fused-ring (bicyclic) bond motifs is 1. The monoisotopic (exact) mass is 395 g/mol. The molecule has 0 unspecified atom stereocenters. The number of rotatable bonds is 3. The molecule has 0 aliphatic carbocycles. The minimum Gasteiger partial charge on any atom is -0.275 e. The van der Waals surface area contributed by atoms with Crippen LogP contribution < -0.4 is 4.31 Å². The van der Waals surface area contributed by atoms with E-state index in [4.69, 9.17) is 0 Å². The molecule has 28 heavy (non-hydrogen) atoms. The molecule has 0 fully saturated rings. The maximum atomic E-state index is 13.6. The summed E-state index contributed by atoms with van der Waals surface area (Å²) in [5.74, 6) is 0.277. The lowest BCUT2D eigenvalue weighted by molar-refractivity contribution is 0.543. The van der Waals surface area contributed by atoms with Gasteiger partial charge in [0, 0.05) is 25.4 Å². The van der Waals surface area contributed by atoms with Gasteiger partial charge in [0.2, 0.25) is 0 Å². The smallest absolute Gasteiger partial charge is 0.264 e. The van der Waals surface area contributed by atoms with Crippen LogP contribution in [0.15, 0.2) is 53.7 Å². The molecule has 1 atom stereocenters. The van der Waals surface area contributed by atoms with Crippen molar-refractivity contribution in [3.8, 4) is 11.1 Å². The Morgan fingerprint density at radius 1 is 1.07 bits per heavy atom. The van der Waals surface area contributed by atoms with Crippen LogP contribution in [0.4, 0.5) is 5.69 Å². The Bertz CT molecular complexity index is 1150. The predicted octanol–water partition coefficient (Wildman–Crippen LogP) is 4.09. The molecule has 1 aliphatic heterocycles. The molecular weight excluding hydrogens is 370 g/mol. The summed E-state index contributed by atoms with van der Waals surface area (Å²) < 4.78 is 30.6. The molecule has 0 radical (unpaired) electrons. The van der Waals surface area contributed by atoms with E-state index in [1.54, 1.807) is 21.3 Å². The van der Waals surface area contributed by atoms with Crippen molar-refractivity contribution in [1.29, 1.82) is 0 Å². The molecule has 0 N–H and O–H groups in total. The SMILES string of the molecule is Cc1cc(-c2cnn(C)c2)ccc1S(=O)(=O)N1C[C@@H](C)Cc2cccc(C)c21. The molecular formula is C22H25N3O2S. The Balaban J connectivity index is 1.79. The Kier molecular flexibility index (Phi) is 4.54. The fourth-order valence-electron chi connectivity index (χ4n) is 4.08. The zero-order valence-corrected chi connectivity index (χ0v) is 17.5. The van der Waals surface area contributed by atoms with Gasteiger partial charge in [-0.25, -0.2) is 8.42 Å². The summed E-state index contributed by atoms with van der Waals surface area (Å²) in [6.45, 7) is 6.45. The second-order valence-corrected chi connectivity index (χ2v) is 9.64. The zero-order valence-electron chi connectivity index (χ0n) is 16.7. The topological polar surface area (TPSA) is 55.2 Å². The van der Waals surface area contributed by atoms with Crippen molar-refractivity contribution in [3.63, 3.8) is 0 Å². The third-order valence-corrected chi connectivity index (χ3v) is 7.32. The van der Waals surface area contributed by atoms with Crippen LogP contribution in [0.2, 0.25) is 0 Å². The van der Waals surface area contributed by atoms with Crippen molar-refractivity contribution in [2.75, 3.05) is 10.8 Å². The van der Waals surface area contributed by atoms with Gasteiger partial charge in [0.25, 0.3) is 10.0 Å². The Morgan fingerprint density at radius 3 is 2.54 bits per heavy atom.